The molecule has 2 nitrogen and oxygen atoms in total. The van der Waals surface area contributed by atoms with Crippen molar-refractivity contribution in [2.45, 2.75) is 38.9 Å². The van der Waals surface area contributed by atoms with Gasteiger partial charge in [-0.2, -0.15) is 0 Å². The van der Waals surface area contributed by atoms with Gasteiger partial charge in [0, 0.05) is 11.5 Å². The van der Waals surface area contributed by atoms with Crippen LogP contribution < -0.4 is 0 Å². The van der Waals surface area contributed by atoms with Crippen molar-refractivity contribution in [3.63, 3.8) is 0 Å². The van der Waals surface area contributed by atoms with Crippen molar-refractivity contribution in [1.82, 2.24) is 0 Å². The zero-order valence-corrected chi connectivity index (χ0v) is 13.5. The van der Waals surface area contributed by atoms with Gasteiger partial charge in [-0.1, -0.05) is 18.2 Å². The molecule has 0 N–H and O–H groups in total. The van der Waals surface area contributed by atoms with Gasteiger partial charge in [0.05, 0.1) is 13.2 Å². The lowest BCUT2D eigenvalue weighted by Crippen LogP contribution is -2.34. The van der Waals surface area contributed by atoms with E-state index in [1.807, 2.05) is 0 Å². The second-order valence-electron chi connectivity index (χ2n) is 6.63. The topological polar surface area (TPSA) is 18.5 Å². The molecule has 23 heavy (non-hydrogen) atoms. The average Bonchev–Trinajstić information content (AvgIpc) is 2.59. The van der Waals surface area contributed by atoms with Crippen LogP contribution in [-0.4, -0.2) is 13.2 Å². The van der Waals surface area contributed by atoms with E-state index >= 15 is 0 Å². The van der Waals surface area contributed by atoms with E-state index < -0.39 is 17.9 Å². The molecule has 4 heteroatoms. The lowest BCUT2D eigenvalue weighted by Gasteiger charge is -2.37. The lowest BCUT2D eigenvalue weighted by atomic mass is 9.76. The predicted molar refractivity (Wildman–Crippen MR) is 84.8 cm³/mol. The van der Waals surface area contributed by atoms with Gasteiger partial charge in [-0.25, -0.2) is 8.78 Å². The Morgan fingerprint density at radius 3 is 2.26 bits per heavy atom. The predicted octanol–water partition coefficient (Wildman–Crippen LogP) is 5.01. The molecular formula is C19H24F2O2. The van der Waals surface area contributed by atoms with Gasteiger partial charge in [0.2, 0.25) is 0 Å². The summed E-state index contributed by atoms with van der Waals surface area (Å²) in [7, 11) is 0. The summed E-state index contributed by atoms with van der Waals surface area (Å²) in [4.78, 5) is 0. The average molecular weight is 322 g/mol. The second kappa shape index (κ2) is 7.54. The molecule has 0 spiro atoms. The Morgan fingerprint density at radius 2 is 1.65 bits per heavy atom. The number of benzene rings is 1. The van der Waals surface area contributed by atoms with E-state index in [1.165, 1.54) is 31.7 Å². The minimum atomic E-state index is -0.862. The molecule has 1 saturated carbocycles. The third-order valence-electron chi connectivity index (χ3n) is 5.09. The van der Waals surface area contributed by atoms with Gasteiger partial charge in [-0.15, -0.1) is 0 Å². The van der Waals surface area contributed by atoms with E-state index in [0.29, 0.717) is 30.6 Å². The van der Waals surface area contributed by atoms with E-state index in [1.54, 1.807) is 0 Å². The molecule has 1 aliphatic heterocycles. The molecule has 1 saturated heterocycles. The Labute approximate surface area is 136 Å². The number of rotatable bonds is 3. The molecule has 2 fully saturated rings. The molecule has 0 bridgehead atoms. The first kappa shape index (κ1) is 16.6. The number of halogens is 2. The fourth-order valence-corrected chi connectivity index (χ4v) is 3.72. The standard InChI is InChI=1S/C19H24F2O2/c1-2-3-13-4-6-14(7-5-13)16-11-22-19(23-12-16)15-8-9-17(20)18(21)10-15/h2-3,8-10,13-14,16,19H,4-7,11-12H2,1H3/b3-2+/t13-,14-,16?,19?. The first-order valence-electron chi connectivity index (χ1n) is 8.48. The Bertz CT molecular complexity index is 542. The van der Waals surface area contributed by atoms with Crippen LogP contribution in [0.5, 0.6) is 0 Å². The first-order valence-corrected chi connectivity index (χ1v) is 8.48. The van der Waals surface area contributed by atoms with Crippen molar-refractivity contribution in [1.29, 1.82) is 0 Å². The number of allylic oxidation sites excluding steroid dienone is 2. The van der Waals surface area contributed by atoms with E-state index in [-0.39, 0.29) is 0 Å². The van der Waals surface area contributed by atoms with Crippen molar-refractivity contribution >= 4 is 0 Å². The molecule has 2 aliphatic rings. The van der Waals surface area contributed by atoms with Crippen LogP contribution in [0.1, 0.15) is 44.5 Å². The summed E-state index contributed by atoms with van der Waals surface area (Å²) < 4.78 is 37.9. The molecule has 0 unspecified atom stereocenters. The van der Waals surface area contributed by atoms with Gasteiger partial charge in [0.1, 0.15) is 0 Å². The zero-order chi connectivity index (χ0) is 16.2. The molecular weight excluding hydrogens is 298 g/mol. The van der Waals surface area contributed by atoms with Gasteiger partial charge >= 0.3 is 0 Å². The van der Waals surface area contributed by atoms with Crippen molar-refractivity contribution in [3.8, 4) is 0 Å². The second-order valence-corrected chi connectivity index (χ2v) is 6.63. The van der Waals surface area contributed by atoms with Gasteiger partial charge in [-0.3, -0.25) is 0 Å². The smallest absolute Gasteiger partial charge is 0.183 e. The van der Waals surface area contributed by atoms with Crippen LogP contribution in [0, 0.1) is 29.4 Å². The Hall–Kier alpha value is -1.26. The molecule has 1 aliphatic carbocycles. The maximum absolute atomic E-state index is 13.3. The fraction of sp³-hybridized carbons (Fsp3) is 0.579. The summed E-state index contributed by atoms with van der Waals surface area (Å²) in [6.45, 7) is 3.33. The summed E-state index contributed by atoms with van der Waals surface area (Å²) in [6, 6.07) is 3.79. The summed E-state index contributed by atoms with van der Waals surface area (Å²) >= 11 is 0. The molecule has 1 aromatic rings. The molecule has 126 valence electrons. The van der Waals surface area contributed by atoms with Crippen LogP contribution in [0.4, 0.5) is 8.78 Å². The van der Waals surface area contributed by atoms with Crippen LogP contribution >= 0.6 is 0 Å². The van der Waals surface area contributed by atoms with Crippen LogP contribution in [0.2, 0.25) is 0 Å². The first-order chi connectivity index (χ1) is 11.2. The van der Waals surface area contributed by atoms with Crippen molar-refractivity contribution in [3.05, 3.63) is 47.5 Å². The van der Waals surface area contributed by atoms with Crippen LogP contribution in [0.25, 0.3) is 0 Å². The maximum Gasteiger partial charge on any atom is 0.183 e. The molecule has 0 atom stereocenters. The normalized spacial score (nSPS) is 32.3. The zero-order valence-electron chi connectivity index (χ0n) is 13.5. The molecule has 0 amide bonds. The van der Waals surface area contributed by atoms with Crippen LogP contribution in [-0.2, 0) is 9.47 Å². The number of hydrogen-bond donors (Lipinski definition) is 0. The molecule has 0 radical (unpaired) electrons. The van der Waals surface area contributed by atoms with E-state index in [9.17, 15) is 8.78 Å². The molecule has 1 heterocycles. The highest BCUT2D eigenvalue weighted by Crippen LogP contribution is 2.37. The lowest BCUT2D eigenvalue weighted by molar-refractivity contribution is -0.214. The number of ether oxygens (including phenoxy) is 2. The SMILES string of the molecule is C/C=C/[C@H]1CC[C@H](C2COC(c3ccc(F)c(F)c3)OC2)CC1. The Balaban J connectivity index is 1.51. The van der Waals surface area contributed by atoms with E-state index in [0.717, 1.165) is 18.1 Å². The summed E-state index contributed by atoms with van der Waals surface area (Å²) in [5.41, 5.74) is 0.541. The Kier molecular flexibility index (Phi) is 5.44. The monoisotopic (exact) mass is 322 g/mol. The maximum atomic E-state index is 13.3. The third-order valence-corrected chi connectivity index (χ3v) is 5.09. The minimum absolute atomic E-state index is 0.406. The van der Waals surface area contributed by atoms with Crippen LogP contribution in [0.3, 0.4) is 0 Å². The van der Waals surface area contributed by atoms with Gasteiger partial charge in [0.25, 0.3) is 0 Å². The highest BCUT2D eigenvalue weighted by atomic mass is 19.2. The highest BCUT2D eigenvalue weighted by molar-refractivity contribution is 5.19. The third kappa shape index (κ3) is 3.99. The largest absolute Gasteiger partial charge is 0.348 e. The Morgan fingerprint density at radius 1 is 0.957 bits per heavy atom. The van der Waals surface area contributed by atoms with Gasteiger partial charge in [-0.05, 0) is 56.6 Å². The van der Waals surface area contributed by atoms with Crippen molar-refractivity contribution in [2.75, 3.05) is 13.2 Å². The van der Waals surface area contributed by atoms with Crippen molar-refractivity contribution < 1.29 is 18.3 Å². The van der Waals surface area contributed by atoms with Crippen molar-refractivity contribution in [2.24, 2.45) is 17.8 Å². The van der Waals surface area contributed by atoms with E-state index in [2.05, 4.69) is 19.1 Å². The highest BCUT2D eigenvalue weighted by Gasteiger charge is 2.32. The molecule has 3 rings (SSSR count). The minimum Gasteiger partial charge on any atom is -0.348 e. The fourth-order valence-electron chi connectivity index (χ4n) is 3.72. The summed E-state index contributed by atoms with van der Waals surface area (Å²) in [5.74, 6) is 0.0570. The van der Waals surface area contributed by atoms with Gasteiger partial charge < -0.3 is 9.47 Å². The quantitative estimate of drug-likeness (QED) is 0.728. The van der Waals surface area contributed by atoms with Gasteiger partial charge in [0.15, 0.2) is 17.9 Å². The number of hydrogen-bond acceptors (Lipinski definition) is 2. The summed E-state index contributed by atoms with van der Waals surface area (Å²) in [6.07, 6.45) is 8.76. The molecule has 1 aromatic carbocycles. The summed E-state index contributed by atoms with van der Waals surface area (Å²) in [5, 5.41) is 0. The molecule has 0 aromatic heterocycles. The van der Waals surface area contributed by atoms with E-state index in [4.69, 9.17) is 9.47 Å². The van der Waals surface area contributed by atoms with Crippen LogP contribution in [0.15, 0.2) is 30.4 Å².